The van der Waals surface area contributed by atoms with Gasteiger partial charge in [0.25, 0.3) is 11.1 Å². The lowest BCUT2D eigenvalue weighted by molar-refractivity contribution is -0.116. The monoisotopic (exact) mass is 447 g/mol. The Labute approximate surface area is 186 Å². The maximum absolute atomic E-state index is 12.4. The van der Waals surface area contributed by atoms with Crippen molar-refractivity contribution in [1.29, 1.82) is 0 Å². The van der Waals surface area contributed by atoms with Crippen molar-refractivity contribution in [2.75, 3.05) is 5.32 Å². The van der Waals surface area contributed by atoms with Gasteiger partial charge in [0.05, 0.1) is 12.0 Å². The van der Waals surface area contributed by atoms with Gasteiger partial charge in [0.15, 0.2) is 11.6 Å². The van der Waals surface area contributed by atoms with E-state index in [1.54, 1.807) is 12.1 Å². The van der Waals surface area contributed by atoms with Crippen LogP contribution in [0.1, 0.15) is 18.1 Å². The van der Waals surface area contributed by atoms with Crippen LogP contribution in [0.15, 0.2) is 79.4 Å². The van der Waals surface area contributed by atoms with Gasteiger partial charge in [0, 0.05) is 23.9 Å². The Morgan fingerprint density at radius 3 is 2.84 bits per heavy atom. The van der Waals surface area contributed by atoms with Crippen LogP contribution >= 0.6 is 11.8 Å². The number of fused-ring (bicyclic) bond motifs is 1. The highest BCUT2D eigenvalue weighted by atomic mass is 32.2. The first-order valence-electron chi connectivity index (χ1n) is 9.84. The van der Waals surface area contributed by atoms with Crippen LogP contribution in [0.2, 0.25) is 0 Å². The van der Waals surface area contributed by atoms with E-state index in [2.05, 4.69) is 25.7 Å². The molecule has 0 unspecified atom stereocenters. The summed E-state index contributed by atoms with van der Waals surface area (Å²) in [6.45, 7) is 0. The molecule has 10 heteroatoms. The number of rotatable bonds is 8. The number of aryl methyl sites for hydroxylation is 1. The number of nitrogens with zero attached hydrogens (tertiary/aromatic N) is 4. The predicted octanol–water partition coefficient (Wildman–Crippen LogP) is 4.73. The van der Waals surface area contributed by atoms with Crippen molar-refractivity contribution in [2.45, 2.75) is 23.8 Å². The largest absolute Gasteiger partial charge is 0.459 e. The normalized spacial score (nSPS) is 11.1. The Kier molecular flexibility index (Phi) is 5.67. The molecule has 3 heterocycles. The number of aromatic nitrogens is 4. The molecule has 0 saturated carbocycles. The highest BCUT2D eigenvalue weighted by Gasteiger charge is 2.14. The Morgan fingerprint density at radius 2 is 1.94 bits per heavy atom. The maximum Gasteiger partial charge on any atom is 0.284 e. The minimum absolute atomic E-state index is 0.119. The van der Waals surface area contributed by atoms with Crippen LogP contribution in [0.3, 0.4) is 0 Å². The summed E-state index contributed by atoms with van der Waals surface area (Å²) in [5.41, 5.74) is 0.782. The van der Waals surface area contributed by atoms with E-state index < -0.39 is 0 Å². The average Bonchev–Trinajstić information content (AvgIpc) is 3.58. The molecule has 0 fully saturated rings. The third-order valence-corrected chi connectivity index (χ3v) is 5.42. The molecule has 1 N–H and O–H groups in total. The second kappa shape index (κ2) is 9.06. The van der Waals surface area contributed by atoms with Crippen molar-refractivity contribution in [1.82, 2.24) is 20.3 Å². The van der Waals surface area contributed by atoms with Gasteiger partial charge in [0.2, 0.25) is 11.8 Å². The van der Waals surface area contributed by atoms with Crippen molar-refractivity contribution in [3.63, 3.8) is 0 Å². The van der Waals surface area contributed by atoms with Crippen molar-refractivity contribution in [3.8, 4) is 11.7 Å². The number of nitrogens with one attached hydrogen (secondary N) is 1. The molecule has 2 aromatic carbocycles. The molecule has 3 aromatic heterocycles. The molecule has 0 aliphatic rings. The number of furan rings is 1. The van der Waals surface area contributed by atoms with Crippen molar-refractivity contribution in [2.24, 2.45) is 0 Å². The summed E-state index contributed by atoms with van der Waals surface area (Å²) in [5.74, 6) is 1.97. The van der Waals surface area contributed by atoms with Gasteiger partial charge in [-0.25, -0.2) is 0 Å². The number of thioether (sulfide) groups is 1. The standard InChI is InChI=1S/C22H17N5O4S/c28-19(23-16-8-3-6-14-5-1-2-7-15(14)16)10-11-20-24-18(27-31-20)13-32-22-26-25-21(30-22)17-9-4-12-29-17/h1-9,12H,10-11,13H2,(H,23,28). The molecule has 0 saturated heterocycles. The number of carbonyl (C=O) groups is 1. The third kappa shape index (κ3) is 4.54. The summed E-state index contributed by atoms with van der Waals surface area (Å²) in [6.07, 6.45) is 2.11. The van der Waals surface area contributed by atoms with Crippen LogP contribution in [0.25, 0.3) is 22.4 Å². The van der Waals surface area contributed by atoms with Crippen molar-refractivity contribution < 1.29 is 18.2 Å². The molecule has 5 rings (SSSR count). The molecule has 0 atom stereocenters. The highest BCUT2D eigenvalue weighted by molar-refractivity contribution is 7.98. The predicted molar refractivity (Wildman–Crippen MR) is 117 cm³/mol. The van der Waals surface area contributed by atoms with Crippen LogP contribution in [-0.2, 0) is 17.0 Å². The van der Waals surface area contributed by atoms with E-state index in [4.69, 9.17) is 13.4 Å². The number of amides is 1. The molecule has 5 aromatic rings. The van der Waals surface area contributed by atoms with Crippen molar-refractivity contribution in [3.05, 3.63) is 72.6 Å². The minimum atomic E-state index is -0.119. The molecular weight excluding hydrogens is 430 g/mol. The fourth-order valence-corrected chi connectivity index (χ4v) is 3.72. The smallest absolute Gasteiger partial charge is 0.284 e. The van der Waals surface area contributed by atoms with E-state index in [9.17, 15) is 4.79 Å². The lowest BCUT2D eigenvalue weighted by atomic mass is 10.1. The first-order valence-corrected chi connectivity index (χ1v) is 10.8. The van der Waals surface area contributed by atoms with E-state index in [1.165, 1.54) is 18.0 Å². The van der Waals surface area contributed by atoms with E-state index in [0.29, 0.717) is 40.8 Å². The number of hydrogen-bond acceptors (Lipinski definition) is 9. The van der Waals surface area contributed by atoms with Gasteiger partial charge in [-0.05, 0) is 23.6 Å². The molecule has 160 valence electrons. The lowest BCUT2D eigenvalue weighted by Crippen LogP contribution is -2.12. The zero-order valence-corrected chi connectivity index (χ0v) is 17.5. The van der Waals surface area contributed by atoms with E-state index >= 15 is 0 Å². The van der Waals surface area contributed by atoms with Crippen LogP contribution in [0, 0.1) is 0 Å². The summed E-state index contributed by atoms with van der Waals surface area (Å²) in [6, 6.07) is 17.2. The summed E-state index contributed by atoms with van der Waals surface area (Å²) < 4.78 is 16.0. The molecule has 1 amide bonds. The number of carbonyl (C=O) groups excluding carboxylic acids is 1. The SMILES string of the molecule is O=C(CCc1nc(CSc2nnc(-c3ccco3)o2)no1)Nc1cccc2ccccc12. The summed E-state index contributed by atoms with van der Waals surface area (Å²) in [5, 5.41) is 17.2. The highest BCUT2D eigenvalue weighted by Crippen LogP contribution is 2.25. The molecule has 32 heavy (non-hydrogen) atoms. The number of benzene rings is 2. The summed E-state index contributed by atoms with van der Waals surface area (Å²) in [7, 11) is 0. The quantitative estimate of drug-likeness (QED) is 0.337. The molecular formula is C22H17N5O4S. The van der Waals surface area contributed by atoms with Crippen molar-refractivity contribution >= 4 is 34.1 Å². The van der Waals surface area contributed by atoms with E-state index in [-0.39, 0.29) is 12.3 Å². The second-order valence-corrected chi connectivity index (χ2v) is 7.74. The van der Waals surface area contributed by atoms with Crippen LogP contribution in [-0.4, -0.2) is 26.2 Å². The average molecular weight is 447 g/mol. The van der Waals surface area contributed by atoms with Crippen LogP contribution < -0.4 is 5.32 Å². The molecule has 0 aliphatic heterocycles. The van der Waals surface area contributed by atoms with Gasteiger partial charge >= 0.3 is 0 Å². The van der Waals surface area contributed by atoms with Gasteiger partial charge < -0.3 is 18.7 Å². The topological polar surface area (TPSA) is 120 Å². The number of anilines is 1. The molecule has 0 bridgehead atoms. The van der Waals surface area contributed by atoms with Gasteiger partial charge in [-0.1, -0.05) is 53.3 Å². The number of hydrogen-bond donors (Lipinski definition) is 1. The Hall–Kier alpha value is -3.92. The Morgan fingerprint density at radius 1 is 1.03 bits per heavy atom. The fourth-order valence-electron chi connectivity index (χ4n) is 3.11. The summed E-state index contributed by atoms with van der Waals surface area (Å²) >= 11 is 1.29. The Bertz CT molecular complexity index is 1340. The first kappa shape index (κ1) is 20.0. The minimum Gasteiger partial charge on any atom is -0.459 e. The van der Waals surface area contributed by atoms with Gasteiger partial charge in [0.1, 0.15) is 0 Å². The molecule has 0 aliphatic carbocycles. The van der Waals surface area contributed by atoms with E-state index in [0.717, 1.165) is 16.5 Å². The van der Waals surface area contributed by atoms with E-state index in [1.807, 2.05) is 42.5 Å². The molecule has 0 spiro atoms. The zero-order chi connectivity index (χ0) is 21.8. The molecule has 0 radical (unpaired) electrons. The zero-order valence-electron chi connectivity index (χ0n) is 16.7. The Balaban J connectivity index is 1.13. The van der Waals surface area contributed by atoms with Gasteiger partial charge in [-0.2, -0.15) is 4.98 Å². The third-order valence-electron chi connectivity index (χ3n) is 4.60. The molecule has 9 nitrogen and oxygen atoms in total. The second-order valence-electron chi connectivity index (χ2n) is 6.82. The van der Waals surface area contributed by atoms with Gasteiger partial charge in [-0.15, -0.1) is 10.2 Å². The lowest BCUT2D eigenvalue weighted by Gasteiger charge is -2.08. The fraction of sp³-hybridized carbons (Fsp3) is 0.136. The van der Waals surface area contributed by atoms with Gasteiger partial charge in [-0.3, -0.25) is 4.79 Å². The van der Waals surface area contributed by atoms with Crippen LogP contribution in [0.4, 0.5) is 5.69 Å². The van der Waals surface area contributed by atoms with Crippen LogP contribution in [0.5, 0.6) is 0 Å². The first-order chi connectivity index (χ1) is 15.7. The summed E-state index contributed by atoms with van der Waals surface area (Å²) in [4.78, 5) is 16.7. The maximum atomic E-state index is 12.4.